The van der Waals surface area contributed by atoms with Crippen LogP contribution in [0.25, 0.3) is 0 Å². The van der Waals surface area contributed by atoms with Crippen molar-refractivity contribution in [3.63, 3.8) is 0 Å². The predicted molar refractivity (Wildman–Crippen MR) is 89.2 cm³/mol. The van der Waals surface area contributed by atoms with Crippen molar-refractivity contribution in [3.8, 4) is 0 Å². The molecule has 2 rings (SSSR count). The minimum atomic E-state index is -3.71. The number of benzene rings is 1. The van der Waals surface area contributed by atoms with Gasteiger partial charge in [-0.2, -0.15) is 0 Å². The van der Waals surface area contributed by atoms with Crippen LogP contribution in [0.2, 0.25) is 5.02 Å². The third-order valence-corrected chi connectivity index (χ3v) is 5.69. The molecule has 0 saturated heterocycles. The summed E-state index contributed by atoms with van der Waals surface area (Å²) < 4.78 is 26.4. The maximum Gasteiger partial charge on any atom is 0.269 e. The van der Waals surface area contributed by atoms with Gasteiger partial charge in [0.25, 0.3) is 10.0 Å². The molecule has 0 atom stereocenters. The molecule has 0 fully saturated rings. The maximum atomic E-state index is 12.1. The molecule has 0 unspecified atom stereocenters. The zero-order chi connectivity index (χ0) is 16.9. The minimum Gasteiger partial charge on any atom is -0.301 e. The fourth-order valence-corrected chi connectivity index (χ4v) is 3.92. The van der Waals surface area contributed by atoms with Crippen LogP contribution in [0.5, 0.6) is 0 Å². The average molecular weight is 375 g/mol. The highest BCUT2D eigenvalue weighted by Crippen LogP contribution is 2.19. The first kappa shape index (κ1) is 17.8. The quantitative estimate of drug-likeness (QED) is 0.570. The van der Waals surface area contributed by atoms with E-state index in [-0.39, 0.29) is 21.9 Å². The number of hydrogen-bond acceptors (Lipinski definition) is 6. The Labute approximate surface area is 143 Å². The van der Waals surface area contributed by atoms with Gasteiger partial charge >= 0.3 is 0 Å². The van der Waals surface area contributed by atoms with Gasteiger partial charge in [0.1, 0.15) is 0 Å². The second-order valence-electron chi connectivity index (χ2n) is 4.68. The standard InChI is InChI=1S/C13H15ClN4O3S2/c1-9(19)16-12-17-18-13(22-12)23(20,21)15-8-2-3-10-4-6-11(14)7-5-10/h4-7,15H,2-3,8H2,1H3,(H,16,17,19). The molecule has 2 N–H and O–H groups in total. The van der Waals surface area contributed by atoms with Gasteiger partial charge in [0.05, 0.1) is 0 Å². The van der Waals surface area contributed by atoms with E-state index >= 15 is 0 Å². The van der Waals surface area contributed by atoms with Crippen LogP contribution in [0.4, 0.5) is 5.13 Å². The van der Waals surface area contributed by atoms with Crippen molar-refractivity contribution in [1.82, 2.24) is 14.9 Å². The zero-order valence-corrected chi connectivity index (χ0v) is 14.6. The molecular weight excluding hydrogens is 360 g/mol. The lowest BCUT2D eigenvalue weighted by Crippen LogP contribution is -2.25. The van der Waals surface area contributed by atoms with Crippen LogP contribution < -0.4 is 10.0 Å². The summed E-state index contributed by atoms with van der Waals surface area (Å²) in [6.07, 6.45) is 1.37. The Morgan fingerprint density at radius 2 is 1.96 bits per heavy atom. The lowest BCUT2D eigenvalue weighted by molar-refractivity contribution is -0.114. The van der Waals surface area contributed by atoms with Gasteiger partial charge in [0, 0.05) is 18.5 Å². The Bertz CT molecular complexity index is 775. The molecule has 0 aliphatic heterocycles. The molecule has 23 heavy (non-hydrogen) atoms. The van der Waals surface area contributed by atoms with E-state index in [1.54, 1.807) is 12.1 Å². The van der Waals surface area contributed by atoms with Crippen LogP contribution in [0.1, 0.15) is 18.9 Å². The van der Waals surface area contributed by atoms with Gasteiger partial charge in [0.15, 0.2) is 0 Å². The summed E-state index contributed by atoms with van der Waals surface area (Å²) in [7, 11) is -3.71. The summed E-state index contributed by atoms with van der Waals surface area (Å²) in [6.45, 7) is 1.59. The van der Waals surface area contributed by atoms with Crippen molar-refractivity contribution in [2.45, 2.75) is 24.1 Å². The molecule has 0 aliphatic carbocycles. The summed E-state index contributed by atoms with van der Waals surface area (Å²) in [5.41, 5.74) is 1.08. The summed E-state index contributed by atoms with van der Waals surface area (Å²) >= 11 is 6.61. The number of carbonyl (C=O) groups is 1. The number of hydrogen-bond donors (Lipinski definition) is 2. The fraction of sp³-hybridized carbons (Fsp3) is 0.308. The van der Waals surface area contributed by atoms with Gasteiger partial charge in [-0.15, -0.1) is 10.2 Å². The largest absolute Gasteiger partial charge is 0.301 e. The summed E-state index contributed by atoms with van der Waals surface area (Å²) in [5.74, 6) is -0.332. The number of halogens is 1. The average Bonchev–Trinajstić information content (AvgIpc) is 2.94. The molecule has 0 radical (unpaired) electrons. The lowest BCUT2D eigenvalue weighted by Gasteiger charge is -2.04. The first-order valence-electron chi connectivity index (χ1n) is 6.72. The Morgan fingerprint density at radius 3 is 2.61 bits per heavy atom. The van der Waals surface area contributed by atoms with Crippen LogP contribution in [-0.4, -0.2) is 31.1 Å². The molecule has 124 valence electrons. The van der Waals surface area contributed by atoms with E-state index in [1.165, 1.54) is 6.92 Å². The number of aryl methyl sites for hydroxylation is 1. The highest BCUT2D eigenvalue weighted by molar-refractivity contribution is 7.91. The molecule has 1 aromatic heterocycles. The Hall–Kier alpha value is -1.55. The Kier molecular flexibility index (Phi) is 6.05. The van der Waals surface area contributed by atoms with Gasteiger partial charge in [-0.05, 0) is 30.5 Å². The van der Waals surface area contributed by atoms with Crippen LogP contribution in [0.15, 0.2) is 28.6 Å². The number of amides is 1. The van der Waals surface area contributed by atoms with E-state index in [4.69, 9.17) is 11.6 Å². The molecule has 0 spiro atoms. The van der Waals surface area contributed by atoms with Crippen molar-refractivity contribution in [2.75, 3.05) is 11.9 Å². The topological polar surface area (TPSA) is 101 Å². The van der Waals surface area contributed by atoms with E-state index in [9.17, 15) is 13.2 Å². The van der Waals surface area contributed by atoms with Gasteiger partial charge in [-0.25, -0.2) is 13.1 Å². The van der Waals surface area contributed by atoms with E-state index < -0.39 is 10.0 Å². The number of carbonyl (C=O) groups excluding carboxylic acids is 1. The van der Waals surface area contributed by atoms with Gasteiger partial charge in [-0.3, -0.25) is 4.79 Å². The number of nitrogens with zero attached hydrogens (tertiary/aromatic N) is 2. The molecular formula is C13H15ClN4O3S2. The number of anilines is 1. The maximum absolute atomic E-state index is 12.1. The van der Waals surface area contributed by atoms with Crippen LogP contribution in [0.3, 0.4) is 0 Å². The molecule has 1 heterocycles. The van der Waals surface area contributed by atoms with Gasteiger partial charge < -0.3 is 5.32 Å². The summed E-state index contributed by atoms with van der Waals surface area (Å²) in [5, 5.41) is 10.4. The third-order valence-electron chi connectivity index (χ3n) is 2.77. The number of rotatable bonds is 7. The fourth-order valence-electron chi connectivity index (χ4n) is 1.73. The number of sulfonamides is 1. The third kappa shape index (κ3) is 5.54. The van der Waals surface area contributed by atoms with Crippen LogP contribution >= 0.6 is 22.9 Å². The van der Waals surface area contributed by atoms with Crippen LogP contribution in [-0.2, 0) is 21.2 Å². The molecule has 0 aliphatic rings. The van der Waals surface area contributed by atoms with Crippen LogP contribution in [0, 0.1) is 0 Å². The van der Waals surface area contributed by atoms with Gasteiger partial charge in [-0.1, -0.05) is 35.1 Å². The van der Waals surface area contributed by atoms with Crippen molar-refractivity contribution >= 4 is 44.0 Å². The van der Waals surface area contributed by atoms with Crippen molar-refractivity contribution < 1.29 is 13.2 Å². The highest BCUT2D eigenvalue weighted by Gasteiger charge is 2.19. The molecule has 2 aromatic rings. The first-order valence-corrected chi connectivity index (χ1v) is 9.40. The molecule has 7 nitrogen and oxygen atoms in total. The Morgan fingerprint density at radius 1 is 1.26 bits per heavy atom. The molecule has 10 heteroatoms. The summed E-state index contributed by atoms with van der Waals surface area (Å²) in [4.78, 5) is 10.9. The lowest BCUT2D eigenvalue weighted by atomic mass is 10.1. The SMILES string of the molecule is CC(=O)Nc1nnc(S(=O)(=O)NCCCc2ccc(Cl)cc2)s1. The molecule has 0 bridgehead atoms. The number of nitrogens with one attached hydrogen (secondary N) is 2. The van der Waals surface area contributed by atoms with E-state index in [2.05, 4.69) is 20.2 Å². The van der Waals surface area contributed by atoms with Crippen molar-refractivity contribution in [1.29, 1.82) is 0 Å². The minimum absolute atomic E-state index is 0.152. The smallest absolute Gasteiger partial charge is 0.269 e. The summed E-state index contributed by atoms with van der Waals surface area (Å²) in [6, 6.07) is 7.40. The molecule has 1 amide bonds. The monoisotopic (exact) mass is 374 g/mol. The second-order valence-corrected chi connectivity index (χ2v) is 8.04. The van der Waals surface area contributed by atoms with Gasteiger partial charge in [0.2, 0.25) is 15.4 Å². The molecule has 1 aromatic carbocycles. The second kappa shape index (κ2) is 7.82. The zero-order valence-electron chi connectivity index (χ0n) is 12.2. The van der Waals surface area contributed by atoms with Crippen molar-refractivity contribution in [2.24, 2.45) is 0 Å². The first-order chi connectivity index (χ1) is 10.9. The number of aromatic nitrogens is 2. The normalized spacial score (nSPS) is 11.4. The molecule has 0 saturated carbocycles. The Balaban J connectivity index is 1.85. The van der Waals surface area contributed by atoms with E-state index in [0.717, 1.165) is 23.3 Å². The van der Waals surface area contributed by atoms with E-state index in [1.807, 2.05) is 12.1 Å². The van der Waals surface area contributed by atoms with E-state index in [0.29, 0.717) is 11.4 Å². The van der Waals surface area contributed by atoms with Crippen molar-refractivity contribution in [3.05, 3.63) is 34.9 Å². The highest BCUT2D eigenvalue weighted by atomic mass is 35.5. The predicted octanol–water partition coefficient (Wildman–Crippen LogP) is 2.06.